The second-order valence-corrected chi connectivity index (χ2v) is 5.20. The van der Waals surface area contributed by atoms with Gasteiger partial charge in [0.15, 0.2) is 0 Å². The molecule has 0 amide bonds. The van der Waals surface area contributed by atoms with Gasteiger partial charge in [0.05, 0.1) is 13.2 Å². The maximum absolute atomic E-state index is 5.75. The number of halogens is 1. The molecule has 0 heterocycles. The summed E-state index contributed by atoms with van der Waals surface area (Å²) in [5.74, 6) is 6.57. The molecule has 0 saturated heterocycles. The number of hydrogen-bond acceptors (Lipinski definition) is 3. The number of hydrogen-bond donors (Lipinski definition) is 2. The molecule has 2 rings (SSSR count). The Morgan fingerprint density at radius 3 is 2.53 bits per heavy atom. The summed E-state index contributed by atoms with van der Waals surface area (Å²) in [7, 11) is 1.66. The van der Waals surface area contributed by atoms with Gasteiger partial charge in [0, 0.05) is 4.47 Å². The van der Waals surface area contributed by atoms with E-state index in [0.717, 1.165) is 21.3 Å². The number of hydrazine groups is 1. The highest BCUT2D eigenvalue weighted by atomic mass is 79.9. The molecular formula is C15H17BrN2O. The number of aryl methyl sites for hydroxylation is 1. The molecule has 0 bridgehead atoms. The van der Waals surface area contributed by atoms with E-state index in [1.165, 1.54) is 5.56 Å². The van der Waals surface area contributed by atoms with E-state index >= 15 is 0 Å². The number of nitrogens with one attached hydrogen (secondary N) is 1. The monoisotopic (exact) mass is 320 g/mol. The predicted molar refractivity (Wildman–Crippen MR) is 81.0 cm³/mol. The molecule has 1 atom stereocenters. The zero-order valence-corrected chi connectivity index (χ0v) is 12.6. The number of benzene rings is 2. The van der Waals surface area contributed by atoms with Gasteiger partial charge in [-0.3, -0.25) is 5.84 Å². The van der Waals surface area contributed by atoms with Crippen LogP contribution in [0.4, 0.5) is 0 Å². The third-order valence-corrected chi connectivity index (χ3v) is 3.90. The molecule has 3 N–H and O–H groups in total. The molecule has 0 fully saturated rings. The highest BCUT2D eigenvalue weighted by Gasteiger charge is 2.17. The lowest BCUT2D eigenvalue weighted by Gasteiger charge is -2.21. The topological polar surface area (TPSA) is 47.3 Å². The Labute approximate surface area is 121 Å². The lowest BCUT2D eigenvalue weighted by Crippen LogP contribution is -2.29. The molecule has 0 aliphatic heterocycles. The van der Waals surface area contributed by atoms with Crippen molar-refractivity contribution in [3.63, 3.8) is 0 Å². The smallest absolute Gasteiger partial charge is 0.119 e. The highest BCUT2D eigenvalue weighted by Crippen LogP contribution is 2.32. The third-order valence-electron chi connectivity index (χ3n) is 3.18. The molecule has 0 spiro atoms. The lowest BCUT2D eigenvalue weighted by molar-refractivity contribution is 0.413. The Morgan fingerprint density at radius 1 is 1.16 bits per heavy atom. The van der Waals surface area contributed by atoms with Crippen LogP contribution in [0.5, 0.6) is 5.75 Å². The van der Waals surface area contributed by atoms with E-state index in [2.05, 4.69) is 40.4 Å². The van der Waals surface area contributed by atoms with Gasteiger partial charge in [-0.1, -0.05) is 40.2 Å². The van der Waals surface area contributed by atoms with Crippen molar-refractivity contribution in [2.75, 3.05) is 7.11 Å². The van der Waals surface area contributed by atoms with Gasteiger partial charge in [-0.05, 0) is 41.8 Å². The zero-order valence-electron chi connectivity index (χ0n) is 11.0. The SMILES string of the molecule is COc1ccc(Br)c(C(NN)c2ccccc2C)c1. The maximum atomic E-state index is 5.75. The summed E-state index contributed by atoms with van der Waals surface area (Å²) in [4.78, 5) is 0. The van der Waals surface area contributed by atoms with Crippen LogP contribution in [0.3, 0.4) is 0 Å². The molecule has 19 heavy (non-hydrogen) atoms. The molecule has 0 aliphatic rings. The largest absolute Gasteiger partial charge is 0.497 e. The minimum absolute atomic E-state index is 0.0781. The molecule has 100 valence electrons. The van der Waals surface area contributed by atoms with E-state index in [-0.39, 0.29) is 6.04 Å². The van der Waals surface area contributed by atoms with Gasteiger partial charge >= 0.3 is 0 Å². The van der Waals surface area contributed by atoms with Crippen molar-refractivity contribution in [2.45, 2.75) is 13.0 Å². The third kappa shape index (κ3) is 2.97. The molecule has 0 aromatic heterocycles. The van der Waals surface area contributed by atoms with Crippen LogP contribution in [-0.2, 0) is 0 Å². The van der Waals surface area contributed by atoms with Crippen molar-refractivity contribution in [3.05, 3.63) is 63.6 Å². The average molecular weight is 321 g/mol. The number of ether oxygens (including phenoxy) is 1. The van der Waals surface area contributed by atoms with E-state index in [0.29, 0.717) is 0 Å². The fraction of sp³-hybridized carbons (Fsp3) is 0.200. The molecule has 0 saturated carbocycles. The Kier molecular flexibility index (Phi) is 4.58. The van der Waals surface area contributed by atoms with Gasteiger partial charge in [-0.2, -0.15) is 0 Å². The highest BCUT2D eigenvalue weighted by molar-refractivity contribution is 9.10. The standard InChI is InChI=1S/C15H17BrN2O/c1-10-5-3-4-6-12(10)15(18-17)13-9-11(19-2)7-8-14(13)16/h3-9,15,18H,17H2,1-2H3. The van der Waals surface area contributed by atoms with Crippen molar-refractivity contribution < 1.29 is 4.74 Å². The van der Waals surface area contributed by atoms with Crippen LogP contribution in [0.15, 0.2) is 46.9 Å². The van der Waals surface area contributed by atoms with Gasteiger partial charge in [-0.25, -0.2) is 5.43 Å². The lowest BCUT2D eigenvalue weighted by atomic mass is 9.95. The second kappa shape index (κ2) is 6.19. The molecule has 0 aliphatic carbocycles. The fourth-order valence-corrected chi connectivity index (χ4v) is 2.60. The minimum Gasteiger partial charge on any atom is -0.497 e. The van der Waals surface area contributed by atoms with E-state index in [9.17, 15) is 0 Å². The van der Waals surface area contributed by atoms with Crippen molar-refractivity contribution in [3.8, 4) is 5.75 Å². The first kappa shape index (κ1) is 14.1. The van der Waals surface area contributed by atoms with Gasteiger partial charge in [0.1, 0.15) is 5.75 Å². The predicted octanol–water partition coefficient (Wildman–Crippen LogP) is 3.32. The molecule has 1 unspecified atom stereocenters. The first-order chi connectivity index (χ1) is 9.17. The Balaban J connectivity index is 2.51. The molecule has 4 heteroatoms. The van der Waals surface area contributed by atoms with Crippen LogP contribution in [0.1, 0.15) is 22.7 Å². The summed E-state index contributed by atoms with van der Waals surface area (Å²) in [5.41, 5.74) is 6.28. The Hall–Kier alpha value is -1.36. The van der Waals surface area contributed by atoms with Crippen LogP contribution in [0, 0.1) is 6.92 Å². The van der Waals surface area contributed by atoms with Crippen molar-refractivity contribution in [1.29, 1.82) is 0 Å². The van der Waals surface area contributed by atoms with E-state index in [1.54, 1.807) is 7.11 Å². The van der Waals surface area contributed by atoms with E-state index < -0.39 is 0 Å². The first-order valence-electron chi connectivity index (χ1n) is 6.02. The Morgan fingerprint density at radius 2 is 1.89 bits per heavy atom. The molecule has 2 aromatic rings. The van der Waals surface area contributed by atoms with Crippen molar-refractivity contribution >= 4 is 15.9 Å². The molecule has 0 radical (unpaired) electrons. The summed E-state index contributed by atoms with van der Waals surface area (Å²) in [6, 6.07) is 14.0. The fourth-order valence-electron chi connectivity index (χ4n) is 2.13. The van der Waals surface area contributed by atoms with Crippen molar-refractivity contribution in [1.82, 2.24) is 5.43 Å². The van der Waals surface area contributed by atoms with Crippen LogP contribution in [0.25, 0.3) is 0 Å². The summed E-state index contributed by atoms with van der Waals surface area (Å²) in [6.45, 7) is 2.08. The van der Waals surface area contributed by atoms with Gasteiger partial charge in [-0.15, -0.1) is 0 Å². The van der Waals surface area contributed by atoms with Gasteiger partial charge in [0.2, 0.25) is 0 Å². The number of rotatable bonds is 4. The zero-order chi connectivity index (χ0) is 13.8. The van der Waals surface area contributed by atoms with Gasteiger partial charge < -0.3 is 4.74 Å². The molecule has 2 aromatic carbocycles. The summed E-state index contributed by atoms with van der Waals surface area (Å²) in [6.07, 6.45) is 0. The minimum atomic E-state index is -0.0781. The van der Waals surface area contributed by atoms with E-state index in [4.69, 9.17) is 10.6 Å². The summed E-state index contributed by atoms with van der Waals surface area (Å²) >= 11 is 3.57. The van der Waals surface area contributed by atoms with Crippen LogP contribution in [-0.4, -0.2) is 7.11 Å². The summed E-state index contributed by atoms with van der Waals surface area (Å²) < 4.78 is 6.28. The Bertz CT molecular complexity index is 572. The quantitative estimate of drug-likeness (QED) is 0.671. The molecule has 3 nitrogen and oxygen atoms in total. The second-order valence-electron chi connectivity index (χ2n) is 4.34. The molecular weight excluding hydrogens is 304 g/mol. The normalized spacial score (nSPS) is 12.2. The van der Waals surface area contributed by atoms with Crippen LogP contribution >= 0.6 is 15.9 Å². The van der Waals surface area contributed by atoms with Crippen LogP contribution < -0.4 is 16.0 Å². The summed E-state index contributed by atoms with van der Waals surface area (Å²) in [5, 5.41) is 0. The number of nitrogens with two attached hydrogens (primary N) is 1. The maximum Gasteiger partial charge on any atom is 0.119 e. The van der Waals surface area contributed by atoms with Crippen LogP contribution in [0.2, 0.25) is 0 Å². The number of methoxy groups -OCH3 is 1. The first-order valence-corrected chi connectivity index (χ1v) is 6.81. The van der Waals surface area contributed by atoms with Gasteiger partial charge in [0.25, 0.3) is 0 Å². The van der Waals surface area contributed by atoms with E-state index in [1.807, 2.05) is 30.3 Å². The average Bonchev–Trinajstić information content (AvgIpc) is 2.43. The van der Waals surface area contributed by atoms with Crippen molar-refractivity contribution in [2.24, 2.45) is 5.84 Å².